The number of benzene rings is 2. The van der Waals surface area contributed by atoms with Gasteiger partial charge in [0.2, 0.25) is 0 Å². The summed E-state index contributed by atoms with van der Waals surface area (Å²) in [6.07, 6.45) is 0. The Balaban J connectivity index is 2.30. The second-order valence-corrected chi connectivity index (χ2v) is 25.0. The van der Waals surface area contributed by atoms with Gasteiger partial charge < -0.3 is 0 Å². The molecule has 0 aromatic heterocycles. The molecular formula is C34H50Si2. The van der Waals surface area contributed by atoms with Gasteiger partial charge in [-0.2, -0.15) is 0 Å². The molecule has 0 nitrogen and oxygen atoms in total. The zero-order valence-electron chi connectivity index (χ0n) is 25.1. The Morgan fingerprint density at radius 2 is 0.583 bits per heavy atom. The highest BCUT2D eigenvalue weighted by Crippen LogP contribution is 2.66. The largest absolute Gasteiger partial charge is 0.0959 e. The number of allylic oxidation sites excluding steroid dienone is 2. The monoisotopic (exact) mass is 514 g/mol. The highest BCUT2D eigenvalue weighted by Gasteiger charge is 2.55. The normalized spacial score (nSPS) is 15.9. The molecule has 4 rings (SSSR count). The van der Waals surface area contributed by atoms with Crippen molar-refractivity contribution in [3.63, 3.8) is 0 Å². The zero-order valence-corrected chi connectivity index (χ0v) is 27.1. The minimum Gasteiger partial charge on any atom is -0.0648 e. The van der Waals surface area contributed by atoms with Crippen LogP contribution in [-0.2, 0) is 0 Å². The van der Waals surface area contributed by atoms with Gasteiger partial charge in [-0.25, -0.2) is 0 Å². The molecule has 0 heterocycles. The van der Waals surface area contributed by atoms with Crippen molar-refractivity contribution in [3.8, 4) is 0 Å². The van der Waals surface area contributed by atoms with Gasteiger partial charge in [0.15, 0.2) is 0 Å². The molecule has 2 heteroatoms. The van der Waals surface area contributed by atoms with Gasteiger partial charge in [-0.05, 0) is 77.0 Å². The summed E-state index contributed by atoms with van der Waals surface area (Å²) in [6.45, 7) is 30.3. The Morgan fingerprint density at radius 3 is 0.806 bits per heavy atom. The van der Waals surface area contributed by atoms with Gasteiger partial charge in [-0.1, -0.05) is 132 Å². The van der Waals surface area contributed by atoms with Crippen molar-refractivity contribution < 1.29 is 0 Å². The standard InChI is InChI=1S/C34H50Si2/c1-21(2)35(22(3)4,23(5)6)33-29-19-15-13-17-27(29)32-31(33)28-18-14-16-20-30(28)34(32)36(24(7)8,25(9)10)26(11)12/h13-26H,1-12H3. The van der Waals surface area contributed by atoms with E-state index in [-0.39, 0.29) is 0 Å². The number of fused-ring (bicyclic) bond motifs is 5. The smallest absolute Gasteiger partial charge is 0.0648 e. The number of hydrogen-bond acceptors (Lipinski definition) is 0. The summed E-state index contributed by atoms with van der Waals surface area (Å²) in [5.74, 6) is 0. The van der Waals surface area contributed by atoms with Crippen LogP contribution in [0.15, 0.2) is 48.5 Å². The van der Waals surface area contributed by atoms with Crippen LogP contribution in [0, 0.1) is 0 Å². The molecule has 0 fully saturated rings. The van der Waals surface area contributed by atoms with E-state index in [1.807, 2.05) is 0 Å². The SMILES string of the molecule is CC(C)[Si](C1=C2C(=C([Si](C(C)C)(C(C)C)C(C)C)c3ccccc32)c2ccccc21)(C(C)C)C(C)C. The molecule has 0 bridgehead atoms. The summed E-state index contributed by atoms with van der Waals surface area (Å²) in [5, 5.41) is 3.55. The van der Waals surface area contributed by atoms with E-state index in [0.29, 0.717) is 33.2 Å². The van der Waals surface area contributed by atoms with Gasteiger partial charge in [0.1, 0.15) is 0 Å². The Bertz CT molecular complexity index is 1060. The molecule has 2 aliphatic carbocycles. The average Bonchev–Trinajstić information content (AvgIpc) is 3.28. The van der Waals surface area contributed by atoms with E-state index >= 15 is 0 Å². The van der Waals surface area contributed by atoms with E-state index in [0.717, 1.165) is 0 Å². The summed E-state index contributed by atoms with van der Waals surface area (Å²) in [5.41, 5.74) is 13.6. The minimum atomic E-state index is -1.91. The lowest BCUT2D eigenvalue weighted by molar-refractivity contribution is 0.837. The summed E-state index contributed by atoms with van der Waals surface area (Å²) < 4.78 is 0. The van der Waals surface area contributed by atoms with E-state index in [9.17, 15) is 0 Å². The van der Waals surface area contributed by atoms with Crippen molar-refractivity contribution in [2.24, 2.45) is 0 Å². The predicted octanol–water partition coefficient (Wildman–Crippen LogP) is 11.3. The third-order valence-corrected chi connectivity index (χ3v) is 24.5. The van der Waals surface area contributed by atoms with Crippen molar-refractivity contribution in [3.05, 3.63) is 70.8 Å². The zero-order chi connectivity index (χ0) is 26.7. The first kappa shape index (κ1) is 27.4. The lowest BCUT2D eigenvalue weighted by atomic mass is 10.0. The van der Waals surface area contributed by atoms with E-state index < -0.39 is 16.1 Å². The Morgan fingerprint density at radius 1 is 0.361 bits per heavy atom. The van der Waals surface area contributed by atoms with Crippen LogP contribution < -0.4 is 0 Å². The van der Waals surface area contributed by atoms with Gasteiger partial charge in [-0.3, -0.25) is 0 Å². The molecular weight excluding hydrogens is 465 g/mol. The van der Waals surface area contributed by atoms with Crippen LogP contribution in [-0.4, -0.2) is 16.1 Å². The van der Waals surface area contributed by atoms with E-state index in [4.69, 9.17) is 0 Å². The van der Waals surface area contributed by atoms with Crippen molar-refractivity contribution in [2.75, 3.05) is 0 Å². The molecule has 2 aromatic carbocycles. The Kier molecular flexibility index (Phi) is 7.29. The van der Waals surface area contributed by atoms with Crippen LogP contribution in [0.4, 0.5) is 0 Å². The van der Waals surface area contributed by atoms with Crippen molar-refractivity contribution in [1.29, 1.82) is 0 Å². The maximum absolute atomic E-state index is 2.53. The first-order chi connectivity index (χ1) is 16.9. The second-order valence-electron chi connectivity index (χ2n) is 13.4. The highest BCUT2D eigenvalue weighted by atomic mass is 28.3. The van der Waals surface area contributed by atoms with Crippen LogP contribution in [0.2, 0.25) is 33.2 Å². The Hall–Kier alpha value is -1.65. The predicted molar refractivity (Wildman–Crippen MR) is 169 cm³/mol. The maximum atomic E-state index is 2.53. The topological polar surface area (TPSA) is 0 Å². The van der Waals surface area contributed by atoms with Gasteiger partial charge in [0.05, 0.1) is 16.1 Å². The van der Waals surface area contributed by atoms with Gasteiger partial charge in [0.25, 0.3) is 0 Å². The molecule has 0 atom stereocenters. The lowest BCUT2D eigenvalue weighted by Gasteiger charge is -2.45. The molecule has 36 heavy (non-hydrogen) atoms. The summed E-state index contributed by atoms with van der Waals surface area (Å²) in [6, 6.07) is 19.0. The van der Waals surface area contributed by atoms with Gasteiger partial charge in [0, 0.05) is 0 Å². The molecule has 0 saturated heterocycles. The van der Waals surface area contributed by atoms with Crippen LogP contribution in [0.25, 0.3) is 21.5 Å². The van der Waals surface area contributed by atoms with Gasteiger partial charge in [-0.15, -0.1) is 0 Å². The fourth-order valence-corrected chi connectivity index (χ4v) is 23.7. The molecule has 0 amide bonds. The van der Waals surface area contributed by atoms with Crippen LogP contribution in [0.1, 0.15) is 105 Å². The van der Waals surface area contributed by atoms with Crippen molar-refractivity contribution >= 4 is 37.7 Å². The molecule has 194 valence electrons. The molecule has 2 aromatic rings. The summed E-state index contributed by atoms with van der Waals surface area (Å²) >= 11 is 0. The number of rotatable bonds is 8. The minimum absolute atomic E-state index is 0.686. The fraction of sp³-hybridized carbons (Fsp3) is 0.529. The third-order valence-electron chi connectivity index (χ3n) is 10.3. The molecule has 0 saturated carbocycles. The summed E-state index contributed by atoms with van der Waals surface area (Å²) in [4.78, 5) is 0. The molecule has 0 aliphatic heterocycles. The van der Waals surface area contributed by atoms with E-state index in [1.54, 1.807) is 32.7 Å². The molecule has 2 aliphatic rings. The van der Waals surface area contributed by atoms with Crippen LogP contribution in [0.3, 0.4) is 0 Å². The van der Waals surface area contributed by atoms with E-state index in [2.05, 4.69) is 132 Å². The molecule has 0 unspecified atom stereocenters. The first-order valence-electron chi connectivity index (χ1n) is 14.6. The molecule has 0 N–H and O–H groups in total. The summed E-state index contributed by atoms with van der Waals surface area (Å²) in [7, 11) is -3.82. The molecule has 0 radical (unpaired) electrons. The maximum Gasteiger partial charge on any atom is 0.0959 e. The van der Waals surface area contributed by atoms with Crippen LogP contribution in [0.5, 0.6) is 0 Å². The highest BCUT2D eigenvalue weighted by molar-refractivity contribution is 7.04. The lowest BCUT2D eigenvalue weighted by Crippen LogP contribution is -2.46. The third kappa shape index (κ3) is 3.43. The first-order valence-corrected chi connectivity index (χ1v) is 19.0. The fourth-order valence-electron chi connectivity index (χ4n) is 9.53. The van der Waals surface area contributed by atoms with Crippen LogP contribution >= 0.6 is 0 Å². The number of hydrogen-bond donors (Lipinski definition) is 0. The Labute approximate surface area is 224 Å². The molecule has 0 spiro atoms. The van der Waals surface area contributed by atoms with Crippen molar-refractivity contribution in [1.82, 2.24) is 0 Å². The van der Waals surface area contributed by atoms with Gasteiger partial charge >= 0.3 is 0 Å². The van der Waals surface area contributed by atoms with Crippen molar-refractivity contribution in [2.45, 2.75) is 116 Å². The quantitative estimate of drug-likeness (QED) is 0.307. The van der Waals surface area contributed by atoms with E-state index in [1.165, 1.54) is 11.1 Å². The second kappa shape index (κ2) is 9.58. The average molecular weight is 515 g/mol.